The van der Waals surface area contributed by atoms with Crippen LogP contribution >= 0.6 is 0 Å². The smallest absolute Gasteiger partial charge is 0.0620 e. The van der Waals surface area contributed by atoms with Crippen molar-refractivity contribution in [2.24, 2.45) is 0 Å². The van der Waals surface area contributed by atoms with E-state index in [0.717, 1.165) is 12.8 Å². The van der Waals surface area contributed by atoms with Gasteiger partial charge in [0.25, 0.3) is 0 Å². The summed E-state index contributed by atoms with van der Waals surface area (Å²) in [4.78, 5) is 0. The first-order chi connectivity index (χ1) is 5.06. The monoisotopic (exact) mass is 157 g/mol. The average molecular weight is 157 g/mol. The molecule has 1 nitrogen and oxygen atoms in total. The molecule has 0 aromatic rings. The molecule has 0 aromatic carbocycles. The lowest BCUT2D eigenvalue weighted by Crippen LogP contribution is -2.18. The maximum atomic E-state index is 9.26. The van der Waals surface area contributed by atoms with Crippen LogP contribution in [0.4, 0.5) is 0 Å². The van der Waals surface area contributed by atoms with Crippen LogP contribution in [0.25, 0.3) is 0 Å². The second kappa shape index (κ2) is 5.59. The van der Waals surface area contributed by atoms with Crippen molar-refractivity contribution in [3.63, 3.8) is 0 Å². The summed E-state index contributed by atoms with van der Waals surface area (Å²) in [5.74, 6) is 0. The van der Waals surface area contributed by atoms with Gasteiger partial charge in [-0.2, -0.15) is 0 Å². The van der Waals surface area contributed by atoms with Crippen molar-refractivity contribution in [3.05, 3.63) is 6.92 Å². The zero-order chi connectivity index (χ0) is 8.74. The molecule has 0 aliphatic carbocycles. The molecule has 1 radical (unpaired) electrons. The standard InChI is InChI=1S/C10H21O/c1-4-5-6-7-8-9-10(2,3)11/h11H,2,4-9H2,1,3H3. The van der Waals surface area contributed by atoms with Crippen molar-refractivity contribution in [3.8, 4) is 0 Å². The lowest BCUT2D eigenvalue weighted by Gasteiger charge is -2.15. The van der Waals surface area contributed by atoms with Gasteiger partial charge in [-0.15, -0.1) is 0 Å². The van der Waals surface area contributed by atoms with E-state index in [2.05, 4.69) is 13.8 Å². The van der Waals surface area contributed by atoms with Crippen molar-refractivity contribution in [1.82, 2.24) is 0 Å². The summed E-state index contributed by atoms with van der Waals surface area (Å²) in [6.07, 6.45) is 7.07. The first-order valence-corrected chi connectivity index (χ1v) is 4.64. The van der Waals surface area contributed by atoms with Crippen molar-refractivity contribution in [1.29, 1.82) is 0 Å². The van der Waals surface area contributed by atoms with Crippen molar-refractivity contribution >= 4 is 0 Å². The van der Waals surface area contributed by atoms with Gasteiger partial charge in [0.1, 0.15) is 0 Å². The molecule has 1 N–H and O–H groups in total. The van der Waals surface area contributed by atoms with Crippen molar-refractivity contribution in [2.45, 2.75) is 58.0 Å². The van der Waals surface area contributed by atoms with Gasteiger partial charge in [0, 0.05) is 0 Å². The molecule has 0 aliphatic heterocycles. The summed E-state index contributed by atoms with van der Waals surface area (Å²) in [6, 6.07) is 0. The van der Waals surface area contributed by atoms with Crippen LogP contribution < -0.4 is 0 Å². The molecule has 0 amide bonds. The lowest BCUT2D eigenvalue weighted by molar-refractivity contribution is 0.0955. The quantitative estimate of drug-likeness (QED) is 0.588. The van der Waals surface area contributed by atoms with Crippen LogP contribution in [0, 0.1) is 6.92 Å². The minimum atomic E-state index is -0.702. The van der Waals surface area contributed by atoms with Gasteiger partial charge in [-0.1, -0.05) is 39.0 Å². The molecule has 0 aromatic heterocycles. The fourth-order valence-electron chi connectivity index (χ4n) is 1.11. The number of unbranched alkanes of at least 4 members (excludes halogenated alkanes) is 4. The van der Waals surface area contributed by atoms with Gasteiger partial charge in [0.05, 0.1) is 5.60 Å². The summed E-state index contributed by atoms with van der Waals surface area (Å²) in [7, 11) is 0. The van der Waals surface area contributed by atoms with Crippen LogP contribution in [0.5, 0.6) is 0 Å². The fraction of sp³-hybridized carbons (Fsp3) is 0.900. The minimum absolute atomic E-state index is 0.702. The number of rotatable bonds is 6. The highest BCUT2D eigenvalue weighted by Crippen LogP contribution is 2.13. The van der Waals surface area contributed by atoms with Crippen molar-refractivity contribution in [2.75, 3.05) is 0 Å². The largest absolute Gasteiger partial charge is 0.390 e. The van der Waals surface area contributed by atoms with Crippen LogP contribution in [-0.4, -0.2) is 10.7 Å². The number of hydrogen-bond acceptors (Lipinski definition) is 1. The molecule has 0 bridgehead atoms. The molecular formula is C10H21O. The summed E-state index contributed by atoms with van der Waals surface area (Å²) >= 11 is 0. The Kier molecular flexibility index (Phi) is 5.57. The van der Waals surface area contributed by atoms with E-state index in [1.807, 2.05) is 0 Å². The van der Waals surface area contributed by atoms with E-state index in [1.165, 1.54) is 25.7 Å². The Morgan fingerprint density at radius 2 is 1.73 bits per heavy atom. The zero-order valence-corrected chi connectivity index (χ0v) is 7.90. The lowest BCUT2D eigenvalue weighted by atomic mass is 10.0. The second-order valence-electron chi connectivity index (χ2n) is 3.66. The van der Waals surface area contributed by atoms with E-state index in [1.54, 1.807) is 6.92 Å². The summed E-state index contributed by atoms with van der Waals surface area (Å²) in [5.41, 5.74) is -0.702. The highest BCUT2D eigenvalue weighted by Gasteiger charge is 2.10. The molecule has 0 spiro atoms. The number of hydrogen-bond donors (Lipinski definition) is 1. The third-order valence-corrected chi connectivity index (χ3v) is 1.82. The average Bonchev–Trinajstić information content (AvgIpc) is 1.85. The van der Waals surface area contributed by atoms with Gasteiger partial charge < -0.3 is 5.11 Å². The highest BCUT2D eigenvalue weighted by molar-refractivity contribution is 4.73. The maximum absolute atomic E-state index is 9.26. The van der Waals surface area contributed by atoms with Crippen molar-refractivity contribution < 1.29 is 5.11 Å². The van der Waals surface area contributed by atoms with Crippen LogP contribution in [0.1, 0.15) is 52.4 Å². The minimum Gasteiger partial charge on any atom is -0.390 e. The molecule has 1 atom stereocenters. The Balaban J connectivity index is 3.02. The highest BCUT2D eigenvalue weighted by atomic mass is 16.3. The molecular weight excluding hydrogens is 136 g/mol. The van der Waals surface area contributed by atoms with Gasteiger partial charge >= 0.3 is 0 Å². The van der Waals surface area contributed by atoms with E-state index < -0.39 is 5.60 Å². The summed E-state index contributed by atoms with van der Waals surface area (Å²) in [5, 5.41) is 9.26. The first kappa shape index (κ1) is 11.0. The molecule has 1 unspecified atom stereocenters. The zero-order valence-electron chi connectivity index (χ0n) is 7.90. The van der Waals surface area contributed by atoms with E-state index in [9.17, 15) is 5.11 Å². The predicted molar refractivity (Wildman–Crippen MR) is 49.4 cm³/mol. The molecule has 0 saturated heterocycles. The topological polar surface area (TPSA) is 20.2 Å². The molecule has 0 fully saturated rings. The predicted octanol–water partition coefficient (Wildman–Crippen LogP) is 2.93. The van der Waals surface area contributed by atoms with Crippen LogP contribution in [0.15, 0.2) is 0 Å². The van der Waals surface area contributed by atoms with Crippen LogP contribution in [-0.2, 0) is 0 Å². The SMILES string of the molecule is [CH2]C(C)(O)CCCCCCC. The van der Waals surface area contributed by atoms with Crippen LogP contribution in [0.3, 0.4) is 0 Å². The van der Waals surface area contributed by atoms with Gasteiger partial charge in [-0.25, -0.2) is 0 Å². The summed E-state index contributed by atoms with van der Waals surface area (Å²) in [6.45, 7) is 7.62. The Morgan fingerprint density at radius 1 is 1.18 bits per heavy atom. The normalized spacial score (nSPS) is 12.0. The Bertz CT molecular complexity index is 81.4. The van der Waals surface area contributed by atoms with E-state index in [-0.39, 0.29) is 0 Å². The van der Waals surface area contributed by atoms with E-state index in [4.69, 9.17) is 0 Å². The maximum Gasteiger partial charge on any atom is 0.0620 e. The molecule has 0 rings (SSSR count). The molecule has 0 heterocycles. The third kappa shape index (κ3) is 9.96. The second-order valence-corrected chi connectivity index (χ2v) is 3.66. The number of aliphatic hydroxyl groups is 1. The molecule has 1 heteroatoms. The van der Waals surface area contributed by atoms with Gasteiger partial charge in [0.15, 0.2) is 0 Å². The Morgan fingerprint density at radius 3 is 2.18 bits per heavy atom. The first-order valence-electron chi connectivity index (χ1n) is 4.64. The Labute approximate surface area is 70.8 Å². The van der Waals surface area contributed by atoms with Gasteiger partial charge in [-0.3, -0.25) is 0 Å². The molecule has 67 valence electrons. The summed E-state index contributed by atoms with van der Waals surface area (Å²) < 4.78 is 0. The molecule has 0 aliphatic rings. The molecule has 0 saturated carbocycles. The fourth-order valence-corrected chi connectivity index (χ4v) is 1.11. The van der Waals surface area contributed by atoms with Gasteiger partial charge in [0.2, 0.25) is 0 Å². The van der Waals surface area contributed by atoms with Crippen LogP contribution in [0.2, 0.25) is 0 Å². The van der Waals surface area contributed by atoms with E-state index >= 15 is 0 Å². The molecule has 11 heavy (non-hydrogen) atoms. The van der Waals surface area contributed by atoms with E-state index in [0.29, 0.717) is 0 Å². The van der Waals surface area contributed by atoms with Gasteiger partial charge in [-0.05, 0) is 20.3 Å². The Hall–Kier alpha value is -0.0400. The third-order valence-electron chi connectivity index (χ3n) is 1.82.